The van der Waals surface area contributed by atoms with Crippen LogP contribution in [0, 0.1) is 25.2 Å². The highest BCUT2D eigenvalue weighted by Crippen LogP contribution is 2.25. The van der Waals surface area contributed by atoms with E-state index in [0.717, 1.165) is 25.1 Å². The molecule has 1 unspecified atom stereocenters. The normalized spacial score (nSPS) is 13.8. The summed E-state index contributed by atoms with van der Waals surface area (Å²) >= 11 is 1.89. The molecule has 0 saturated heterocycles. The van der Waals surface area contributed by atoms with E-state index in [9.17, 15) is 5.26 Å². The van der Waals surface area contributed by atoms with Crippen LogP contribution in [0.1, 0.15) is 37.8 Å². The fourth-order valence-electron chi connectivity index (χ4n) is 2.04. The van der Waals surface area contributed by atoms with Crippen molar-refractivity contribution < 1.29 is 0 Å². The van der Waals surface area contributed by atoms with E-state index >= 15 is 0 Å². The van der Waals surface area contributed by atoms with Crippen molar-refractivity contribution in [3.05, 3.63) is 29.3 Å². The molecular weight excluding hydrogens is 252 g/mol. The van der Waals surface area contributed by atoms with Crippen LogP contribution in [0.15, 0.2) is 23.1 Å². The van der Waals surface area contributed by atoms with E-state index in [1.807, 2.05) is 25.6 Å². The van der Waals surface area contributed by atoms with Crippen molar-refractivity contribution in [3.63, 3.8) is 0 Å². The number of nitriles is 1. The molecule has 1 rings (SSSR count). The average Bonchev–Trinajstić information content (AvgIpc) is 2.39. The van der Waals surface area contributed by atoms with Crippen molar-refractivity contribution in [1.29, 1.82) is 5.26 Å². The summed E-state index contributed by atoms with van der Waals surface area (Å²) in [6.07, 6.45) is 1.95. The Balaban J connectivity index is 2.43. The van der Waals surface area contributed by atoms with Crippen LogP contribution < -0.4 is 5.32 Å². The summed E-state index contributed by atoms with van der Waals surface area (Å²) < 4.78 is 0. The first-order chi connectivity index (χ1) is 9.00. The number of nitrogens with zero attached hydrogens (tertiary/aromatic N) is 1. The summed E-state index contributed by atoms with van der Waals surface area (Å²) in [5.74, 6) is 1.06. The van der Waals surface area contributed by atoms with Gasteiger partial charge in [0, 0.05) is 4.90 Å². The van der Waals surface area contributed by atoms with Crippen molar-refractivity contribution in [2.45, 2.75) is 51.0 Å². The molecule has 1 aromatic carbocycles. The van der Waals surface area contributed by atoms with Gasteiger partial charge in [-0.1, -0.05) is 24.6 Å². The second-order valence-corrected chi connectivity index (χ2v) is 6.33. The molecule has 0 amide bonds. The van der Waals surface area contributed by atoms with Crippen molar-refractivity contribution in [1.82, 2.24) is 5.32 Å². The lowest BCUT2D eigenvalue weighted by atomic mass is 9.98. The summed E-state index contributed by atoms with van der Waals surface area (Å²) in [6.45, 7) is 9.15. The van der Waals surface area contributed by atoms with Gasteiger partial charge in [-0.05, 0) is 57.5 Å². The lowest BCUT2D eigenvalue weighted by Gasteiger charge is -2.22. The van der Waals surface area contributed by atoms with E-state index < -0.39 is 0 Å². The van der Waals surface area contributed by atoms with Crippen molar-refractivity contribution >= 4 is 11.8 Å². The van der Waals surface area contributed by atoms with Gasteiger partial charge in [-0.25, -0.2) is 0 Å². The van der Waals surface area contributed by atoms with Gasteiger partial charge in [0.15, 0.2) is 0 Å². The molecule has 1 aromatic rings. The van der Waals surface area contributed by atoms with Gasteiger partial charge in [0.1, 0.15) is 5.54 Å². The Morgan fingerprint density at radius 1 is 1.37 bits per heavy atom. The SMILES string of the molecule is CCNC(C)(C#N)CCCSc1cc(C)ccc1C. The van der Waals surface area contributed by atoms with Gasteiger partial charge < -0.3 is 0 Å². The first-order valence-electron chi connectivity index (χ1n) is 6.87. The largest absolute Gasteiger partial charge is 0.300 e. The zero-order chi connectivity index (χ0) is 14.3. The number of nitrogens with one attached hydrogen (secondary N) is 1. The minimum Gasteiger partial charge on any atom is -0.300 e. The number of hydrogen-bond acceptors (Lipinski definition) is 3. The first-order valence-corrected chi connectivity index (χ1v) is 7.85. The van der Waals surface area contributed by atoms with Gasteiger partial charge in [-0.2, -0.15) is 5.26 Å². The summed E-state index contributed by atoms with van der Waals surface area (Å²) in [6, 6.07) is 8.95. The Kier molecular flexibility index (Phi) is 6.41. The van der Waals surface area contributed by atoms with Gasteiger partial charge >= 0.3 is 0 Å². The number of thioether (sulfide) groups is 1. The molecular formula is C16H24N2S. The van der Waals surface area contributed by atoms with E-state index in [1.165, 1.54) is 16.0 Å². The van der Waals surface area contributed by atoms with Crippen LogP contribution in [0.5, 0.6) is 0 Å². The molecule has 3 heteroatoms. The third-order valence-electron chi connectivity index (χ3n) is 3.24. The Morgan fingerprint density at radius 2 is 2.11 bits per heavy atom. The molecule has 0 aliphatic carbocycles. The van der Waals surface area contributed by atoms with E-state index in [4.69, 9.17) is 0 Å². The Hall–Kier alpha value is -0.980. The third-order valence-corrected chi connectivity index (χ3v) is 4.48. The van der Waals surface area contributed by atoms with Crippen LogP contribution in [0.2, 0.25) is 0 Å². The predicted octanol–water partition coefficient (Wildman–Crippen LogP) is 4.07. The molecule has 19 heavy (non-hydrogen) atoms. The third kappa shape index (κ3) is 5.26. The van der Waals surface area contributed by atoms with Crippen LogP contribution in [0.25, 0.3) is 0 Å². The molecule has 0 bridgehead atoms. The molecule has 0 aliphatic rings. The Labute approximate surface area is 121 Å². The molecule has 0 radical (unpaired) electrons. The fourth-order valence-corrected chi connectivity index (χ4v) is 3.12. The maximum Gasteiger partial charge on any atom is 0.103 e. The molecule has 104 valence electrons. The number of hydrogen-bond donors (Lipinski definition) is 1. The maximum atomic E-state index is 9.19. The zero-order valence-electron chi connectivity index (χ0n) is 12.4. The first kappa shape index (κ1) is 16.1. The fraction of sp³-hybridized carbons (Fsp3) is 0.562. The van der Waals surface area contributed by atoms with Gasteiger partial charge in [0.05, 0.1) is 6.07 Å². The van der Waals surface area contributed by atoms with E-state index in [0.29, 0.717) is 0 Å². The molecule has 2 nitrogen and oxygen atoms in total. The highest BCUT2D eigenvalue weighted by molar-refractivity contribution is 7.99. The molecule has 1 atom stereocenters. The van der Waals surface area contributed by atoms with E-state index in [2.05, 4.69) is 43.4 Å². The highest BCUT2D eigenvalue weighted by atomic mass is 32.2. The summed E-state index contributed by atoms with van der Waals surface area (Å²) in [4.78, 5) is 1.36. The summed E-state index contributed by atoms with van der Waals surface area (Å²) in [7, 11) is 0. The Bertz CT molecular complexity index is 451. The lowest BCUT2D eigenvalue weighted by Crippen LogP contribution is -2.40. The second-order valence-electron chi connectivity index (χ2n) is 5.20. The summed E-state index contributed by atoms with van der Waals surface area (Å²) in [5.41, 5.74) is 2.27. The van der Waals surface area contributed by atoms with Crippen molar-refractivity contribution in [2.24, 2.45) is 0 Å². The highest BCUT2D eigenvalue weighted by Gasteiger charge is 2.21. The molecule has 1 N–H and O–H groups in total. The van der Waals surface area contributed by atoms with Crippen LogP contribution in [-0.4, -0.2) is 17.8 Å². The van der Waals surface area contributed by atoms with Gasteiger partial charge in [0.25, 0.3) is 0 Å². The van der Waals surface area contributed by atoms with Gasteiger partial charge in [0.2, 0.25) is 0 Å². The number of rotatable bonds is 7. The number of benzene rings is 1. The second kappa shape index (κ2) is 7.57. The minimum absolute atomic E-state index is 0.378. The molecule has 0 fully saturated rings. The molecule has 0 saturated carbocycles. The monoisotopic (exact) mass is 276 g/mol. The van der Waals surface area contributed by atoms with Crippen LogP contribution >= 0.6 is 11.8 Å². The molecule has 0 aliphatic heterocycles. The lowest BCUT2D eigenvalue weighted by molar-refractivity contribution is 0.426. The molecule has 0 heterocycles. The predicted molar refractivity (Wildman–Crippen MR) is 83.6 cm³/mol. The van der Waals surface area contributed by atoms with Gasteiger partial charge in [-0.15, -0.1) is 11.8 Å². The van der Waals surface area contributed by atoms with Crippen LogP contribution in [0.3, 0.4) is 0 Å². The van der Waals surface area contributed by atoms with Gasteiger partial charge in [-0.3, -0.25) is 5.32 Å². The van der Waals surface area contributed by atoms with E-state index in [-0.39, 0.29) is 5.54 Å². The smallest absolute Gasteiger partial charge is 0.103 e. The van der Waals surface area contributed by atoms with E-state index in [1.54, 1.807) is 0 Å². The Morgan fingerprint density at radius 3 is 2.74 bits per heavy atom. The topological polar surface area (TPSA) is 35.8 Å². The minimum atomic E-state index is -0.378. The standard InChI is InChI=1S/C16H24N2S/c1-5-18-16(4,12-17)9-6-10-19-15-11-13(2)7-8-14(15)3/h7-8,11,18H,5-6,9-10H2,1-4H3. The number of aryl methyl sites for hydroxylation is 2. The van der Waals surface area contributed by atoms with Crippen molar-refractivity contribution in [3.8, 4) is 6.07 Å². The average molecular weight is 276 g/mol. The molecule has 0 aromatic heterocycles. The quantitative estimate of drug-likeness (QED) is 0.602. The van der Waals surface area contributed by atoms with Crippen LogP contribution in [0.4, 0.5) is 0 Å². The summed E-state index contributed by atoms with van der Waals surface area (Å²) in [5, 5.41) is 12.5. The molecule has 0 spiro atoms. The zero-order valence-corrected chi connectivity index (χ0v) is 13.2. The maximum absolute atomic E-state index is 9.19. The van der Waals surface area contributed by atoms with Crippen LogP contribution in [-0.2, 0) is 0 Å². The van der Waals surface area contributed by atoms with Crippen molar-refractivity contribution in [2.75, 3.05) is 12.3 Å².